The Morgan fingerprint density at radius 3 is 2.54 bits per heavy atom. The highest BCUT2D eigenvalue weighted by atomic mass is 32.1. The lowest BCUT2D eigenvalue weighted by Gasteiger charge is -2.16. The summed E-state index contributed by atoms with van der Waals surface area (Å²) >= 11 is 1.26. The van der Waals surface area contributed by atoms with Crippen molar-refractivity contribution in [2.45, 2.75) is 31.9 Å². The smallest absolute Gasteiger partial charge is 0.387 e. The van der Waals surface area contributed by atoms with E-state index in [0.29, 0.717) is 17.7 Å². The van der Waals surface area contributed by atoms with Gasteiger partial charge in [0.25, 0.3) is 5.91 Å². The van der Waals surface area contributed by atoms with Crippen molar-refractivity contribution < 1.29 is 28.2 Å². The molecular formula is C18H17F2NO4S. The minimum atomic E-state index is -2.87. The van der Waals surface area contributed by atoms with Crippen LogP contribution in [0.15, 0.2) is 36.4 Å². The quantitative estimate of drug-likeness (QED) is 0.793. The summed E-state index contributed by atoms with van der Waals surface area (Å²) in [5.41, 5.74) is 0.778. The fourth-order valence-electron chi connectivity index (χ4n) is 3.08. The number of rotatable bonds is 6. The predicted octanol–water partition coefficient (Wildman–Crippen LogP) is 4.00. The number of benzene rings is 1. The molecule has 1 aliphatic rings. The Bertz CT molecular complexity index is 791. The van der Waals surface area contributed by atoms with Crippen molar-refractivity contribution in [3.63, 3.8) is 0 Å². The van der Waals surface area contributed by atoms with Crippen molar-refractivity contribution in [1.82, 2.24) is 5.32 Å². The standard InChI is InChI=1S/C18H17F2NO4S/c19-18(20)25-11-6-4-10(5-7-11)14-8-9-15(26-14)16(22)21-13-3-1-2-12(13)17(23)24/h4-9,12-13,18H,1-3H2,(H,21,22)(H,23,24)/t12-,13+/m1/s1. The molecule has 26 heavy (non-hydrogen) atoms. The molecule has 5 nitrogen and oxygen atoms in total. The summed E-state index contributed by atoms with van der Waals surface area (Å²) in [7, 11) is 0. The molecule has 1 aromatic heterocycles. The molecule has 1 heterocycles. The van der Waals surface area contributed by atoms with Crippen LogP contribution in [0, 0.1) is 5.92 Å². The maximum Gasteiger partial charge on any atom is 0.387 e. The fraction of sp³-hybridized carbons (Fsp3) is 0.333. The molecule has 0 saturated heterocycles. The molecule has 1 saturated carbocycles. The fourth-order valence-corrected chi connectivity index (χ4v) is 4.00. The number of carbonyl (C=O) groups excluding carboxylic acids is 1. The minimum absolute atomic E-state index is 0.0687. The second-order valence-electron chi connectivity index (χ2n) is 6.02. The molecule has 0 bridgehead atoms. The van der Waals surface area contributed by atoms with Crippen LogP contribution in [-0.4, -0.2) is 29.6 Å². The molecule has 0 spiro atoms. The first kappa shape index (κ1) is 18.3. The SMILES string of the molecule is O=C(N[C@H]1CCC[C@H]1C(=O)O)c1ccc(-c2ccc(OC(F)F)cc2)s1. The number of carboxylic acids is 1. The first-order chi connectivity index (χ1) is 12.4. The van der Waals surface area contributed by atoms with Crippen molar-refractivity contribution >= 4 is 23.2 Å². The number of nitrogens with one attached hydrogen (secondary N) is 1. The van der Waals surface area contributed by atoms with Gasteiger partial charge in [0.05, 0.1) is 10.8 Å². The van der Waals surface area contributed by atoms with Crippen LogP contribution in [0.2, 0.25) is 0 Å². The molecule has 1 amide bonds. The highest BCUT2D eigenvalue weighted by Gasteiger charge is 2.34. The molecule has 2 N–H and O–H groups in total. The van der Waals surface area contributed by atoms with Crippen LogP contribution in [-0.2, 0) is 4.79 Å². The van der Waals surface area contributed by atoms with E-state index in [1.807, 2.05) is 0 Å². The van der Waals surface area contributed by atoms with Gasteiger partial charge in [0, 0.05) is 10.9 Å². The molecular weight excluding hydrogens is 364 g/mol. The van der Waals surface area contributed by atoms with Gasteiger partial charge in [-0.15, -0.1) is 11.3 Å². The molecule has 3 rings (SSSR count). The molecule has 0 radical (unpaired) electrons. The number of ether oxygens (including phenoxy) is 1. The van der Waals surface area contributed by atoms with Gasteiger partial charge in [-0.25, -0.2) is 0 Å². The highest BCUT2D eigenvalue weighted by Crippen LogP contribution is 2.31. The van der Waals surface area contributed by atoms with Gasteiger partial charge in [0.2, 0.25) is 0 Å². The molecule has 0 unspecified atom stereocenters. The van der Waals surface area contributed by atoms with E-state index in [1.165, 1.54) is 23.5 Å². The molecule has 8 heteroatoms. The van der Waals surface area contributed by atoms with Crippen LogP contribution in [0.4, 0.5) is 8.78 Å². The maximum absolute atomic E-state index is 12.4. The largest absolute Gasteiger partial charge is 0.481 e. The first-order valence-corrected chi connectivity index (χ1v) is 8.94. The molecule has 2 atom stereocenters. The summed E-state index contributed by atoms with van der Waals surface area (Å²) in [5, 5.41) is 12.0. The van der Waals surface area contributed by atoms with Crippen molar-refractivity contribution in [2.24, 2.45) is 5.92 Å². The Morgan fingerprint density at radius 1 is 1.15 bits per heavy atom. The van der Waals surface area contributed by atoms with Gasteiger partial charge < -0.3 is 15.2 Å². The third kappa shape index (κ3) is 4.19. The van der Waals surface area contributed by atoms with Crippen molar-refractivity contribution in [1.29, 1.82) is 0 Å². The number of alkyl halides is 2. The van der Waals surface area contributed by atoms with Gasteiger partial charge in [-0.2, -0.15) is 8.78 Å². The summed E-state index contributed by atoms with van der Waals surface area (Å²) in [6.45, 7) is -2.87. The maximum atomic E-state index is 12.4. The van der Waals surface area contributed by atoms with Crippen molar-refractivity contribution in [2.75, 3.05) is 0 Å². The lowest BCUT2D eigenvalue weighted by atomic mass is 10.0. The van der Waals surface area contributed by atoms with E-state index in [0.717, 1.165) is 16.9 Å². The number of thiophene rings is 1. The summed E-state index contributed by atoms with van der Waals surface area (Å²) in [5.74, 6) is -1.65. The Labute approximate surface area is 152 Å². The minimum Gasteiger partial charge on any atom is -0.481 e. The van der Waals surface area contributed by atoms with Crippen LogP contribution >= 0.6 is 11.3 Å². The Kier molecular flexibility index (Phi) is 5.51. The summed E-state index contributed by atoms with van der Waals surface area (Å²) in [6.07, 6.45) is 2.01. The summed E-state index contributed by atoms with van der Waals surface area (Å²) in [6, 6.07) is 9.26. The van der Waals surface area contributed by atoms with Gasteiger partial charge in [0.15, 0.2) is 0 Å². The van der Waals surface area contributed by atoms with E-state index in [4.69, 9.17) is 0 Å². The van der Waals surface area contributed by atoms with Crippen LogP contribution < -0.4 is 10.1 Å². The zero-order chi connectivity index (χ0) is 18.7. The van der Waals surface area contributed by atoms with Gasteiger partial charge in [0.1, 0.15) is 5.75 Å². The lowest BCUT2D eigenvalue weighted by Crippen LogP contribution is -2.39. The third-order valence-electron chi connectivity index (χ3n) is 4.34. The second kappa shape index (κ2) is 7.82. The number of amides is 1. The normalized spacial score (nSPS) is 19.5. The van der Waals surface area contributed by atoms with Crippen LogP contribution in [0.5, 0.6) is 5.75 Å². The van der Waals surface area contributed by atoms with Crippen LogP contribution in [0.1, 0.15) is 28.9 Å². The monoisotopic (exact) mass is 381 g/mol. The Hall–Kier alpha value is -2.48. The molecule has 138 valence electrons. The Morgan fingerprint density at radius 2 is 1.88 bits per heavy atom. The van der Waals surface area contributed by atoms with E-state index in [1.54, 1.807) is 24.3 Å². The van der Waals surface area contributed by atoms with Crippen molar-refractivity contribution in [3.8, 4) is 16.2 Å². The molecule has 1 aliphatic carbocycles. The Balaban J connectivity index is 1.67. The number of hydrogen-bond acceptors (Lipinski definition) is 4. The first-order valence-electron chi connectivity index (χ1n) is 8.13. The number of hydrogen-bond donors (Lipinski definition) is 2. The van der Waals surface area contributed by atoms with Crippen LogP contribution in [0.25, 0.3) is 10.4 Å². The topological polar surface area (TPSA) is 75.6 Å². The van der Waals surface area contributed by atoms with Gasteiger partial charge in [-0.3, -0.25) is 9.59 Å². The number of halogens is 2. The zero-order valence-electron chi connectivity index (χ0n) is 13.7. The highest BCUT2D eigenvalue weighted by molar-refractivity contribution is 7.17. The van der Waals surface area contributed by atoms with Crippen molar-refractivity contribution in [3.05, 3.63) is 41.3 Å². The third-order valence-corrected chi connectivity index (χ3v) is 5.48. The number of carbonyl (C=O) groups is 2. The van der Waals surface area contributed by atoms with Gasteiger partial charge in [-0.05, 0) is 54.8 Å². The van der Waals surface area contributed by atoms with Gasteiger partial charge in [-0.1, -0.05) is 6.42 Å². The zero-order valence-corrected chi connectivity index (χ0v) is 14.5. The second-order valence-corrected chi connectivity index (χ2v) is 7.11. The van der Waals surface area contributed by atoms with Crippen LogP contribution in [0.3, 0.4) is 0 Å². The van der Waals surface area contributed by atoms with E-state index in [-0.39, 0.29) is 17.7 Å². The summed E-state index contributed by atoms with van der Waals surface area (Å²) < 4.78 is 28.7. The average Bonchev–Trinajstić information content (AvgIpc) is 3.24. The van der Waals surface area contributed by atoms with E-state index in [2.05, 4.69) is 10.1 Å². The average molecular weight is 381 g/mol. The molecule has 0 aliphatic heterocycles. The van der Waals surface area contributed by atoms with E-state index >= 15 is 0 Å². The molecule has 2 aromatic rings. The summed E-state index contributed by atoms with van der Waals surface area (Å²) in [4.78, 5) is 24.9. The van der Waals surface area contributed by atoms with Gasteiger partial charge >= 0.3 is 12.6 Å². The lowest BCUT2D eigenvalue weighted by molar-refractivity contribution is -0.142. The number of aliphatic carboxylic acids is 1. The number of carboxylic acid groups (broad SMARTS) is 1. The van der Waals surface area contributed by atoms with E-state index in [9.17, 15) is 23.5 Å². The molecule has 1 fully saturated rings. The van der Waals surface area contributed by atoms with E-state index < -0.39 is 18.5 Å². The predicted molar refractivity (Wildman–Crippen MR) is 92.6 cm³/mol. The molecule has 1 aromatic carbocycles.